The van der Waals surface area contributed by atoms with E-state index in [1.54, 1.807) is 25.3 Å². The Bertz CT molecular complexity index is 1080. The molecule has 3 aromatic heterocycles. The summed E-state index contributed by atoms with van der Waals surface area (Å²) in [5.41, 5.74) is 1.77. The topological polar surface area (TPSA) is 73.0 Å². The Labute approximate surface area is 180 Å². The van der Waals surface area contributed by atoms with Crippen LogP contribution in [0.4, 0.5) is 0 Å². The summed E-state index contributed by atoms with van der Waals surface area (Å²) in [7, 11) is -2.00. The molecule has 4 rings (SSSR count). The van der Waals surface area contributed by atoms with Gasteiger partial charge in [-0.3, -0.25) is 4.68 Å². The highest BCUT2D eigenvalue weighted by atomic mass is 35.5. The maximum atomic E-state index is 13.1. The van der Waals surface area contributed by atoms with Crippen molar-refractivity contribution in [2.75, 3.05) is 13.1 Å². The lowest BCUT2D eigenvalue weighted by atomic mass is 9.97. The zero-order valence-electron chi connectivity index (χ0n) is 16.5. The Balaban J connectivity index is 1.44. The van der Waals surface area contributed by atoms with E-state index < -0.39 is 10.0 Å². The number of aromatic nitrogens is 4. The molecule has 0 N–H and O–H groups in total. The molecule has 1 aliphatic rings. The van der Waals surface area contributed by atoms with Crippen molar-refractivity contribution in [1.82, 2.24) is 23.6 Å². The van der Waals surface area contributed by atoms with Gasteiger partial charge in [-0.05, 0) is 48.6 Å². The van der Waals surface area contributed by atoms with Crippen molar-refractivity contribution < 1.29 is 8.42 Å². The fourth-order valence-corrected chi connectivity index (χ4v) is 6.82. The molecule has 0 aromatic carbocycles. The van der Waals surface area contributed by atoms with E-state index in [1.165, 1.54) is 14.6 Å². The van der Waals surface area contributed by atoms with Crippen LogP contribution in [0.5, 0.6) is 0 Å². The van der Waals surface area contributed by atoms with Crippen molar-refractivity contribution in [2.24, 2.45) is 7.05 Å². The standard InChI is InChI=1S/C19H24ClN5O2S2/c1-14-17(18(20)23(2)22-14)29(26,27)25-9-4-16(5-10-25)19-21-7-11-24(19)8-3-15-6-12-28-13-15/h6-7,11-13,16H,3-5,8-10H2,1-2H3. The molecule has 0 unspecified atom stereocenters. The van der Waals surface area contributed by atoms with Crippen molar-refractivity contribution >= 4 is 33.0 Å². The molecule has 1 fully saturated rings. The highest BCUT2D eigenvalue weighted by Crippen LogP contribution is 2.33. The molecule has 0 radical (unpaired) electrons. The number of sulfonamides is 1. The highest BCUT2D eigenvalue weighted by Gasteiger charge is 2.35. The summed E-state index contributed by atoms with van der Waals surface area (Å²) in [6.45, 7) is 3.47. The van der Waals surface area contributed by atoms with Crippen LogP contribution in [-0.2, 0) is 30.0 Å². The normalized spacial score (nSPS) is 16.5. The largest absolute Gasteiger partial charge is 0.334 e. The van der Waals surface area contributed by atoms with Crippen LogP contribution in [0, 0.1) is 6.92 Å². The third-order valence-electron chi connectivity index (χ3n) is 5.49. The van der Waals surface area contributed by atoms with Crippen molar-refractivity contribution in [3.63, 3.8) is 0 Å². The molecule has 1 aliphatic heterocycles. The number of halogens is 1. The van der Waals surface area contributed by atoms with Crippen LogP contribution in [0.15, 0.2) is 34.1 Å². The average molecular weight is 454 g/mol. The molecule has 156 valence electrons. The van der Waals surface area contributed by atoms with Crippen molar-refractivity contribution in [3.8, 4) is 0 Å². The van der Waals surface area contributed by atoms with Gasteiger partial charge in [0.1, 0.15) is 15.9 Å². The SMILES string of the molecule is Cc1nn(C)c(Cl)c1S(=O)(=O)N1CCC(c2nccn2CCc2ccsc2)CC1. The summed E-state index contributed by atoms with van der Waals surface area (Å²) >= 11 is 7.92. The second-order valence-electron chi connectivity index (χ2n) is 7.37. The fraction of sp³-hybridized carbons (Fsp3) is 0.474. The first kappa shape index (κ1) is 20.6. The smallest absolute Gasteiger partial charge is 0.248 e. The molecule has 4 heterocycles. The minimum atomic E-state index is -3.65. The summed E-state index contributed by atoms with van der Waals surface area (Å²) < 4.78 is 31.3. The third kappa shape index (κ3) is 4.01. The molecule has 7 nitrogen and oxygen atoms in total. The average Bonchev–Trinajstić information content (AvgIpc) is 3.42. The van der Waals surface area contributed by atoms with E-state index >= 15 is 0 Å². The maximum absolute atomic E-state index is 13.1. The lowest BCUT2D eigenvalue weighted by Gasteiger charge is -2.31. The van der Waals surface area contributed by atoms with Crippen LogP contribution in [0.2, 0.25) is 5.15 Å². The Morgan fingerprint density at radius 2 is 2.07 bits per heavy atom. The zero-order valence-corrected chi connectivity index (χ0v) is 18.8. The lowest BCUT2D eigenvalue weighted by Crippen LogP contribution is -2.38. The van der Waals surface area contributed by atoms with Crippen LogP contribution in [0.25, 0.3) is 0 Å². The van der Waals surface area contributed by atoms with Crippen LogP contribution >= 0.6 is 22.9 Å². The van der Waals surface area contributed by atoms with E-state index in [4.69, 9.17) is 11.6 Å². The zero-order chi connectivity index (χ0) is 20.6. The van der Waals surface area contributed by atoms with Gasteiger partial charge in [0, 0.05) is 45.0 Å². The van der Waals surface area contributed by atoms with Gasteiger partial charge in [0.05, 0.1) is 5.69 Å². The van der Waals surface area contributed by atoms with Gasteiger partial charge in [0.25, 0.3) is 0 Å². The number of rotatable bonds is 6. The van der Waals surface area contributed by atoms with E-state index in [0.29, 0.717) is 18.8 Å². The van der Waals surface area contributed by atoms with Crippen LogP contribution in [0.1, 0.15) is 35.8 Å². The molecule has 0 aliphatic carbocycles. The lowest BCUT2D eigenvalue weighted by molar-refractivity contribution is 0.309. The van der Waals surface area contributed by atoms with Gasteiger partial charge in [-0.1, -0.05) is 11.6 Å². The first-order valence-corrected chi connectivity index (χ1v) is 12.4. The van der Waals surface area contributed by atoms with Crippen molar-refractivity contribution in [2.45, 2.75) is 43.5 Å². The van der Waals surface area contributed by atoms with E-state index in [9.17, 15) is 8.42 Å². The molecule has 0 saturated carbocycles. The van der Waals surface area contributed by atoms with Crippen molar-refractivity contribution in [3.05, 3.63) is 51.5 Å². The number of aryl methyl sites for hydroxylation is 4. The molecule has 0 atom stereocenters. The van der Waals surface area contributed by atoms with E-state index in [-0.39, 0.29) is 16.0 Å². The summed E-state index contributed by atoms with van der Waals surface area (Å²) in [5.74, 6) is 1.30. The van der Waals surface area contributed by atoms with Crippen LogP contribution < -0.4 is 0 Å². The van der Waals surface area contributed by atoms with Gasteiger partial charge < -0.3 is 4.57 Å². The molecular formula is C19H24ClN5O2S2. The third-order valence-corrected chi connectivity index (χ3v) is 8.81. The van der Waals surface area contributed by atoms with Gasteiger partial charge in [0.2, 0.25) is 10.0 Å². The second-order valence-corrected chi connectivity index (χ2v) is 10.4. The number of imidazole rings is 1. The number of hydrogen-bond donors (Lipinski definition) is 0. The molecule has 0 bridgehead atoms. The first-order valence-electron chi connectivity index (χ1n) is 9.59. The predicted molar refractivity (Wildman–Crippen MR) is 114 cm³/mol. The van der Waals surface area contributed by atoms with Gasteiger partial charge in [0.15, 0.2) is 0 Å². The first-order chi connectivity index (χ1) is 13.9. The van der Waals surface area contributed by atoms with Crippen LogP contribution in [-0.4, -0.2) is 45.1 Å². The van der Waals surface area contributed by atoms with E-state index in [1.807, 2.05) is 12.4 Å². The maximum Gasteiger partial charge on any atom is 0.248 e. The summed E-state index contributed by atoms with van der Waals surface area (Å²) in [6, 6.07) is 2.15. The molecule has 0 spiro atoms. The fourth-order valence-electron chi connectivity index (χ4n) is 3.94. The number of piperidine rings is 1. The number of thiophene rings is 1. The van der Waals surface area contributed by atoms with Gasteiger partial charge in [-0.15, -0.1) is 0 Å². The minimum absolute atomic E-state index is 0.123. The van der Waals surface area contributed by atoms with E-state index in [2.05, 4.69) is 31.5 Å². The Morgan fingerprint density at radius 3 is 2.69 bits per heavy atom. The van der Waals surface area contributed by atoms with Gasteiger partial charge in [-0.25, -0.2) is 13.4 Å². The molecule has 1 saturated heterocycles. The Hall–Kier alpha value is -1.68. The molecule has 10 heteroatoms. The Kier molecular flexibility index (Phi) is 5.83. The Morgan fingerprint density at radius 1 is 1.31 bits per heavy atom. The highest BCUT2D eigenvalue weighted by molar-refractivity contribution is 7.89. The molecule has 3 aromatic rings. The summed E-state index contributed by atoms with van der Waals surface area (Å²) in [4.78, 5) is 4.70. The quantitative estimate of drug-likeness (QED) is 0.573. The van der Waals surface area contributed by atoms with Gasteiger partial charge in [-0.2, -0.15) is 20.7 Å². The minimum Gasteiger partial charge on any atom is -0.334 e. The molecule has 29 heavy (non-hydrogen) atoms. The summed E-state index contributed by atoms with van der Waals surface area (Å²) in [5, 5.41) is 8.57. The number of nitrogens with zero attached hydrogens (tertiary/aromatic N) is 5. The van der Waals surface area contributed by atoms with Gasteiger partial charge >= 0.3 is 0 Å². The van der Waals surface area contributed by atoms with Crippen molar-refractivity contribution in [1.29, 1.82) is 0 Å². The predicted octanol–water partition coefficient (Wildman–Crippen LogP) is 3.45. The summed E-state index contributed by atoms with van der Waals surface area (Å²) in [6.07, 6.45) is 6.31. The number of hydrogen-bond acceptors (Lipinski definition) is 5. The molecule has 0 amide bonds. The van der Waals surface area contributed by atoms with Crippen LogP contribution in [0.3, 0.4) is 0 Å². The molecular weight excluding hydrogens is 430 g/mol. The van der Waals surface area contributed by atoms with E-state index in [0.717, 1.165) is 31.6 Å². The second kappa shape index (κ2) is 8.22. The monoisotopic (exact) mass is 453 g/mol.